The van der Waals surface area contributed by atoms with Gasteiger partial charge in [0.2, 0.25) is 5.91 Å². The Morgan fingerprint density at radius 3 is 2.58 bits per heavy atom. The number of thiophene rings is 1. The fourth-order valence-electron chi connectivity index (χ4n) is 4.94. The molecule has 1 aliphatic carbocycles. The molecule has 6 nitrogen and oxygen atoms in total. The first-order chi connectivity index (χ1) is 15.9. The predicted molar refractivity (Wildman–Crippen MR) is 134 cm³/mol. The summed E-state index contributed by atoms with van der Waals surface area (Å²) >= 11 is 3.07. The van der Waals surface area contributed by atoms with Gasteiger partial charge in [0.15, 0.2) is 9.84 Å². The molecule has 1 aromatic carbocycles. The Bertz CT molecular complexity index is 1270. The highest BCUT2D eigenvalue weighted by atomic mass is 32.2. The van der Waals surface area contributed by atoms with Crippen molar-refractivity contribution in [2.75, 3.05) is 17.3 Å². The molecule has 9 heteroatoms. The van der Waals surface area contributed by atoms with E-state index in [1.807, 2.05) is 30.0 Å². The lowest BCUT2D eigenvalue weighted by atomic mass is 10.1. The number of rotatable bonds is 6. The maximum Gasteiger partial charge on any atom is 0.233 e. The van der Waals surface area contributed by atoms with Gasteiger partial charge >= 0.3 is 0 Å². The summed E-state index contributed by atoms with van der Waals surface area (Å²) in [6.45, 7) is 1.88. The van der Waals surface area contributed by atoms with E-state index in [1.54, 1.807) is 11.3 Å². The minimum absolute atomic E-state index is 0.0249. The zero-order chi connectivity index (χ0) is 23.0. The average Bonchev–Trinajstić information content (AvgIpc) is 3.53. The van der Waals surface area contributed by atoms with Crippen LogP contribution in [-0.4, -0.2) is 58.5 Å². The highest BCUT2D eigenvalue weighted by molar-refractivity contribution is 8.00. The van der Waals surface area contributed by atoms with Crippen LogP contribution in [0.15, 0.2) is 41.4 Å². The summed E-state index contributed by atoms with van der Waals surface area (Å²) in [6.07, 6.45) is 4.69. The number of amides is 1. The van der Waals surface area contributed by atoms with E-state index in [0.29, 0.717) is 12.2 Å². The van der Waals surface area contributed by atoms with Crippen molar-refractivity contribution in [3.05, 3.63) is 42.2 Å². The van der Waals surface area contributed by atoms with Gasteiger partial charge in [-0.15, -0.1) is 11.3 Å². The third-order valence-electron chi connectivity index (χ3n) is 6.47. The van der Waals surface area contributed by atoms with Gasteiger partial charge in [0.25, 0.3) is 0 Å². The standard InChI is InChI=1S/C24H27N3O3S3/c1-16-25-23(20-13-21(32-24(20)26-16)17-7-3-2-4-8-17)31-14-22(28)27(18-9-5-6-10-18)19-11-12-33(29,30)15-19/h2-4,7-8,13,18-19H,5-6,9-12,14-15H2,1H3/t19-/m0/s1. The van der Waals surface area contributed by atoms with Gasteiger partial charge in [0.1, 0.15) is 15.7 Å². The van der Waals surface area contributed by atoms with E-state index >= 15 is 0 Å². The van der Waals surface area contributed by atoms with Crippen LogP contribution >= 0.6 is 23.1 Å². The van der Waals surface area contributed by atoms with Crippen LogP contribution in [0.2, 0.25) is 0 Å². The molecule has 2 aromatic heterocycles. The first-order valence-electron chi connectivity index (χ1n) is 11.4. The van der Waals surface area contributed by atoms with Gasteiger partial charge in [-0.3, -0.25) is 4.79 Å². The lowest BCUT2D eigenvalue weighted by Crippen LogP contribution is -2.47. The SMILES string of the molecule is Cc1nc(SCC(=O)N(C2CCCC2)[C@H]2CCS(=O)(=O)C2)c2cc(-c3ccccc3)sc2n1. The van der Waals surface area contributed by atoms with E-state index < -0.39 is 9.84 Å². The number of aromatic nitrogens is 2. The summed E-state index contributed by atoms with van der Waals surface area (Å²) in [6, 6.07) is 12.3. The molecular formula is C24H27N3O3S3. The molecule has 3 aromatic rings. The van der Waals surface area contributed by atoms with Crippen LogP contribution in [0, 0.1) is 6.92 Å². The smallest absolute Gasteiger partial charge is 0.233 e. The van der Waals surface area contributed by atoms with E-state index in [9.17, 15) is 13.2 Å². The lowest BCUT2D eigenvalue weighted by molar-refractivity contribution is -0.132. The van der Waals surface area contributed by atoms with Crippen molar-refractivity contribution in [2.24, 2.45) is 0 Å². The molecule has 0 spiro atoms. The van der Waals surface area contributed by atoms with Gasteiger partial charge < -0.3 is 4.90 Å². The molecule has 0 bridgehead atoms. The summed E-state index contributed by atoms with van der Waals surface area (Å²) in [5.41, 5.74) is 1.14. The van der Waals surface area contributed by atoms with Gasteiger partial charge in [-0.1, -0.05) is 54.9 Å². The number of hydrogen-bond donors (Lipinski definition) is 0. The number of nitrogens with zero attached hydrogens (tertiary/aromatic N) is 3. The Balaban J connectivity index is 1.38. The average molecular weight is 502 g/mol. The third-order valence-corrected chi connectivity index (χ3v) is 10.3. The Labute approximate surface area is 202 Å². The highest BCUT2D eigenvalue weighted by Gasteiger charge is 2.38. The van der Waals surface area contributed by atoms with Gasteiger partial charge in [-0.05, 0) is 37.8 Å². The molecule has 3 heterocycles. The number of thioether (sulfide) groups is 1. The zero-order valence-corrected chi connectivity index (χ0v) is 21.0. The highest BCUT2D eigenvalue weighted by Crippen LogP contribution is 2.37. The number of hydrogen-bond acceptors (Lipinski definition) is 7. The van der Waals surface area contributed by atoms with E-state index in [-0.39, 0.29) is 35.2 Å². The number of carbonyl (C=O) groups is 1. The van der Waals surface area contributed by atoms with Crippen molar-refractivity contribution in [2.45, 2.75) is 56.1 Å². The number of fused-ring (bicyclic) bond motifs is 1. The molecular weight excluding hydrogens is 474 g/mol. The lowest BCUT2D eigenvalue weighted by Gasteiger charge is -2.34. The van der Waals surface area contributed by atoms with Crippen molar-refractivity contribution in [1.82, 2.24) is 14.9 Å². The van der Waals surface area contributed by atoms with Gasteiger partial charge in [0.05, 0.1) is 17.3 Å². The van der Waals surface area contributed by atoms with Gasteiger partial charge in [0, 0.05) is 22.3 Å². The molecule has 5 rings (SSSR count). The molecule has 0 unspecified atom stereocenters. The predicted octanol–water partition coefficient (Wildman–Crippen LogP) is 4.72. The molecule has 174 valence electrons. The number of benzene rings is 1. The molecule has 0 N–H and O–H groups in total. The Morgan fingerprint density at radius 2 is 1.88 bits per heavy atom. The summed E-state index contributed by atoms with van der Waals surface area (Å²) < 4.78 is 24.2. The normalized spacial score (nSPS) is 20.5. The van der Waals surface area contributed by atoms with Crippen molar-refractivity contribution in [1.29, 1.82) is 0 Å². The van der Waals surface area contributed by atoms with Crippen LogP contribution in [0.3, 0.4) is 0 Å². The van der Waals surface area contributed by atoms with Crippen LogP contribution < -0.4 is 0 Å². The quantitative estimate of drug-likeness (QED) is 0.359. The molecule has 1 saturated carbocycles. The van der Waals surface area contributed by atoms with Crippen molar-refractivity contribution in [3.8, 4) is 10.4 Å². The summed E-state index contributed by atoms with van der Waals surface area (Å²) in [5.74, 6) is 1.26. The summed E-state index contributed by atoms with van der Waals surface area (Å²) in [7, 11) is -3.05. The number of aryl methyl sites for hydroxylation is 1. The first-order valence-corrected chi connectivity index (χ1v) is 15.0. The minimum atomic E-state index is -3.05. The molecule has 1 aliphatic heterocycles. The minimum Gasteiger partial charge on any atom is -0.335 e. The number of sulfone groups is 1. The van der Waals surface area contributed by atoms with E-state index in [0.717, 1.165) is 51.4 Å². The van der Waals surface area contributed by atoms with Crippen LogP contribution in [0.25, 0.3) is 20.7 Å². The second-order valence-electron chi connectivity index (χ2n) is 8.86. The maximum absolute atomic E-state index is 13.4. The van der Waals surface area contributed by atoms with E-state index in [4.69, 9.17) is 0 Å². The van der Waals surface area contributed by atoms with Crippen LogP contribution in [0.5, 0.6) is 0 Å². The first kappa shape index (κ1) is 22.8. The molecule has 0 radical (unpaired) electrons. The van der Waals surface area contributed by atoms with Gasteiger partial charge in [-0.2, -0.15) is 0 Å². The Morgan fingerprint density at radius 1 is 1.12 bits per heavy atom. The topological polar surface area (TPSA) is 80.2 Å². The fourth-order valence-corrected chi connectivity index (χ4v) is 8.71. The van der Waals surface area contributed by atoms with Crippen LogP contribution in [0.1, 0.15) is 37.9 Å². The van der Waals surface area contributed by atoms with E-state index in [2.05, 4.69) is 28.2 Å². The van der Waals surface area contributed by atoms with Crippen molar-refractivity contribution in [3.63, 3.8) is 0 Å². The monoisotopic (exact) mass is 501 g/mol. The maximum atomic E-state index is 13.4. The third kappa shape index (κ3) is 4.95. The van der Waals surface area contributed by atoms with Gasteiger partial charge in [-0.25, -0.2) is 18.4 Å². The van der Waals surface area contributed by atoms with Crippen molar-refractivity contribution >= 4 is 49.1 Å². The van der Waals surface area contributed by atoms with Crippen LogP contribution in [-0.2, 0) is 14.6 Å². The molecule has 1 saturated heterocycles. The Hall–Kier alpha value is -1.97. The molecule has 2 aliphatic rings. The Kier molecular flexibility index (Phi) is 6.46. The second kappa shape index (κ2) is 9.35. The fraction of sp³-hybridized carbons (Fsp3) is 0.458. The molecule has 33 heavy (non-hydrogen) atoms. The second-order valence-corrected chi connectivity index (χ2v) is 13.1. The van der Waals surface area contributed by atoms with Crippen LogP contribution in [0.4, 0.5) is 0 Å². The zero-order valence-electron chi connectivity index (χ0n) is 18.6. The summed E-state index contributed by atoms with van der Waals surface area (Å²) in [4.78, 5) is 26.7. The largest absolute Gasteiger partial charge is 0.335 e. The molecule has 1 atom stereocenters. The molecule has 1 amide bonds. The van der Waals surface area contributed by atoms with Crippen molar-refractivity contribution < 1.29 is 13.2 Å². The number of carbonyl (C=O) groups excluding carboxylic acids is 1. The summed E-state index contributed by atoms with van der Waals surface area (Å²) in [5, 5.41) is 1.79. The van der Waals surface area contributed by atoms with E-state index in [1.165, 1.54) is 11.8 Å². The molecule has 2 fully saturated rings.